The maximum absolute atomic E-state index is 12.2. The van der Waals surface area contributed by atoms with E-state index in [0.29, 0.717) is 12.5 Å². The van der Waals surface area contributed by atoms with Crippen LogP contribution in [0.1, 0.15) is 45.2 Å². The summed E-state index contributed by atoms with van der Waals surface area (Å²) in [5.41, 5.74) is 1.26. The molecule has 1 aromatic carbocycles. The normalized spacial score (nSPS) is 25.1. The van der Waals surface area contributed by atoms with E-state index in [2.05, 4.69) is 43.0 Å². The Kier molecular flexibility index (Phi) is 5.18. The van der Waals surface area contributed by atoms with Crippen molar-refractivity contribution in [1.82, 2.24) is 4.90 Å². The Labute approximate surface area is 121 Å². The third-order valence-electron chi connectivity index (χ3n) is 4.24. The van der Waals surface area contributed by atoms with Gasteiger partial charge in [-0.25, -0.2) is 0 Å². The largest absolute Gasteiger partial charge is 0.465 e. The van der Waals surface area contributed by atoms with Gasteiger partial charge in [-0.3, -0.25) is 9.69 Å². The summed E-state index contributed by atoms with van der Waals surface area (Å²) >= 11 is 0. The first-order valence-electron chi connectivity index (χ1n) is 7.60. The summed E-state index contributed by atoms with van der Waals surface area (Å²) in [6.45, 7) is 7.68. The van der Waals surface area contributed by atoms with Gasteiger partial charge in [-0.05, 0) is 44.7 Å². The van der Waals surface area contributed by atoms with Crippen LogP contribution in [0.3, 0.4) is 0 Å². The summed E-state index contributed by atoms with van der Waals surface area (Å²) in [5.74, 6) is 0.519. The van der Waals surface area contributed by atoms with Crippen LogP contribution in [0.15, 0.2) is 30.3 Å². The van der Waals surface area contributed by atoms with Crippen molar-refractivity contribution < 1.29 is 9.53 Å². The predicted molar refractivity (Wildman–Crippen MR) is 80.4 cm³/mol. The Morgan fingerprint density at radius 2 is 2.10 bits per heavy atom. The van der Waals surface area contributed by atoms with Gasteiger partial charge in [0, 0.05) is 6.04 Å². The molecular weight excluding hydrogens is 250 g/mol. The van der Waals surface area contributed by atoms with Gasteiger partial charge in [-0.15, -0.1) is 0 Å². The number of rotatable bonds is 4. The number of esters is 1. The number of hydrogen-bond donors (Lipinski definition) is 0. The SMILES string of the molecule is CCOC(=O)C1CC(C)CCN1C(C)c1ccccc1. The molecule has 110 valence electrons. The molecule has 0 aromatic heterocycles. The molecule has 0 aliphatic carbocycles. The van der Waals surface area contributed by atoms with Crippen LogP contribution in [0.2, 0.25) is 0 Å². The first kappa shape index (κ1) is 15.0. The predicted octanol–water partition coefficient (Wildman–Crippen LogP) is 3.41. The molecule has 0 spiro atoms. The van der Waals surface area contributed by atoms with Crippen LogP contribution in [-0.2, 0) is 9.53 Å². The summed E-state index contributed by atoms with van der Waals surface area (Å²) in [5, 5.41) is 0. The maximum atomic E-state index is 12.2. The fraction of sp³-hybridized carbons (Fsp3) is 0.588. The Balaban J connectivity index is 2.16. The minimum atomic E-state index is -0.103. The van der Waals surface area contributed by atoms with Crippen LogP contribution in [0.25, 0.3) is 0 Å². The lowest BCUT2D eigenvalue weighted by Crippen LogP contribution is -2.48. The average molecular weight is 275 g/mol. The van der Waals surface area contributed by atoms with E-state index in [4.69, 9.17) is 4.74 Å². The number of carbonyl (C=O) groups excluding carboxylic acids is 1. The lowest BCUT2D eigenvalue weighted by Gasteiger charge is -2.40. The number of hydrogen-bond acceptors (Lipinski definition) is 3. The van der Waals surface area contributed by atoms with Gasteiger partial charge in [0.15, 0.2) is 0 Å². The third-order valence-corrected chi connectivity index (χ3v) is 4.24. The fourth-order valence-corrected chi connectivity index (χ4v) is 3.02. The number of piperidine rings is 1. The second-order valence-corrected chi connectivity index (χ2v) is 5.72. The van der Waals surface area contributed by atoms with E-state index >= 15 is 0 Å². The number of benzene rings is 1. The standard InChI is InChI=1S/C17H25NO2/c1-4-20-17(19)16-12-13(2)10-11-18(16)14(3)15-8-6-5-7-9-15/h5-9,13-14,16H,4,10-12H2,1-3H3. The molecule has 0 saturated carbocycles. The number of ether oxygens (including phenoxy) is 1. The quantitative estimate of drug-likeness (QED) is 0.789. The zero-order chi connectivity index (χ0) is 14.5. The molecule has 1 heterocycles. The minimum absolute atomic E-state index is 0.0677. The van der Waals surface area contributed by atoms with Crippen LogP contribution < -0.4 is 0 Å². The molecule has 2 rings (SSSR count). The topological polar surface area (TPSA) is 29.5 Å². The second kappa shape index (κ2) is 6.89. The summed E-state index contributed by atoms with van der Waals surface area (Å²) < 4.78 is 5.27. The van der Waals surface area contributed by atoms with Gasteiger partial charge in [0.2, 0.25) is 0 Å². The van der Waals surface area contributed by atoms with Crippen LogP contribution in [0.4, 0.5) is 0 Å². The molecule has 1 aliphatic rings. The van der Waals surface area contributed by atoms with E-state index in [0.717, 1.165) is 19.4 Å². The third kappa shape index (κ3) is 3.40. The van der Waals surface area contributed by atoms with Gasteiger partial charge in [0.05, 0.1) is 6.61 Å². The van der Waals surface area contributed by atoms with Gasteiger partial charge in [0.25, 0.3) is 0 Å². The molecule has 0 N–H and O–H groups in total. The second-order valence-electron chi connectivity index (χ2n) is 5.72. The first-order chi connectivity index (χ1) is 9.63. The Morgan fingerprint density at radius 1 is 1.40 bits per heavy atom. The highest BCUT2D eigenvalue weighted by molar-refractivity contribution is 5.76. The lowest BCUT2D eigenvalue weighted by atomic mass is 9.90. The number of likely N-dealkylation sites (tertiary alicyclic amines) is 1. The Bertz CT molecular complexity index is 432. The summed E-state index contributed by atoms with van der Waals surface area (Å²) in [6, 6.07) is 10.5. The Hall–Kier alpha value is -1.35. The van der Waals surface area contributed by atoms with Crippen molar-refractivity contribution in [1.29, 1.82) is 0 Å². The van der Waals surface area contributed by atoms with Gasteiger partial charge < -0.3 is 4.74 Å². The van der Waals surface area contributed by atoms with E-state index < -0.39 is 0 Å². The molecule has 1 aliphatic heterocycles. The molecule has 1 aromatic rings. The molecule has 0 bridgehead atoms. The van der Waals surface area contributed by atoms with Gasteiger partial charge in [0.1, 0.15) is 6.04 Å². The van der Waals surface area contributed by atoms with Gasteiger partial charge in [-0.1, -0.05) is 37.3 Å². The van der Waals surface area contributed by atoms with Crippen molar-refractivity contribution in [2.45, 2.75) is 45.7 Å². The first-order valence-corrected chi connectivity index (χ1v) is 7.60. The van der Waals surface area contributed by atoms with Crippen molar-refractivity contribution in [2.75, 3.05) is 13.2 Å². The van der Waals surface area contributed by atoms with E-state index in [1.165, 1.54) is 5.56 Å². The van der Waals surface area contributed by atoms with E-state index in [1.54, 1.807) is 0 Å². The minimum Gasteiger partial charge on any atom is -0.465 e. The molecule has 3 atom stereocenters. The molecule has 20 heavy (non-hydrogen) atoms. The van der Waals surface area contributed by atoms with Crippen molar-refractivity contribution >= 4 is 5.97 Å². The average Bonchev–Trinajstić information content (AvgIpc) is 2.47. The van der Waals surface area contributed by atoms with Crippen LogP contribution in [0, 0.1) is 5.92 Å². The van der Waals surface area contributed by atoms with Crippen molar-refractivity contribution in [3.05, 3.63) is 35.9 Å². The molecule has 3 nitrogen and oxygen atoms in total. The molecule has 3 unspecified atom stereocenters. The zero-order valence-electron chi connectivity index (χ0n) is 12.7. The maximum Gasteiger partial charge on any atom is 0.323 e. The molecule has 3 heteroatoms. The molecule has 1 saturated heterocycles. The van der Waals surface area contributed by atoms with Crippen molar-refractivity contribution in [3.63, 3.8) is 0 Å². The highest BCUT2D eigenvalue weighted by atomic mass is 16.5. The van der Waals surface area contributed by atoms with Gasteiger partial charge >= 0.3 is 5.97 Å². The van der Waals surface area contributed by atoms with E-state index in [-0.39, 0.29) is 18.1 Å². The highest BCUT2D eigenvalue weighted by Crippen LogP contribution is 2.31. The van der Waals surface area contributed by atoms with Crippen molar-refractivity contribution in [2.24, 2.45) is 5.92 Å². The summed E-state index contributed by atoms with van der Waals surface area (Å²) in [4.78, 5) is 14.5. The van der Waals surface area contributed by atoms with E-state index in [1.807, 2.05) is 13.0 Å². The molecule has 1 fully saturated rings. The molecule has 0 amide bonds. The monoisotopic (exact) mass is 275 g/mol. The summed E-state index contributed by atoms with van der Waals surface area (Å²) in [7, 11) is 0. The lowest BCUT2D eigenvalue weighted by molar-refractivity contribution is -0.153. The summed E-state index contributed by atoms with van der Waals surface area (Å²) in [6.07, 6.45) is 2.04. The molecule has 0 radical (unpaired) electrons. The molecular formula is C17H25NO2. The van der Waals surface area contributed by atoms with Crippen LogP contribution >= 0.6 is 0 Å². The van der Waals surface area contributed by atoms with Crippen LogP contribution in [-0.4, -0.2) is 30.1 Å². The van der Waals surface area contributed by atoms with Gasteiger partial charge in [-0.2, -0.15) is 0 Å². The number of carbonyl (C=O) groups is 1. The van der Waals surface area contributed by atoms with E-state index in [9.17, 15) is 4.79 Å². The van der Waals surface area contributed by atoms with Crippen molar-refractivity contribution in [3.8, 4) is 0 Å². The Morgan fingerprint density at radius 3 is 2.75 bits per heavy atom. The zero-order valence-corrected chi connectivity index (χ0v) is 12.7. The smallest absolute Gasteiger partial charge is 0.323 e. The van der Waals surface area contributed by atoms with Crippen LogP contribution in [0.5, 0.6) is 0 Å². The highest BCUT2D eigenvalue weighted by Gasteiger charge is 2.35. The fourth-order valence-electron chi connectivity index (χ4n) is 3.02. The number of nitrogens with zero attached hydrogens (tertiary/aromatic N) is 1.